The van der Waals surface area contributed by atoms with Crippen LogP contribution in [-0.2, 0) is 35.2 Å². The average Bonchev–Trinajstić information content (AvgIpc) is 3.29. The summed E-state index contributed by atoms with van der Waals surface area (Å²) in [7, 11) is 0. The van der Waals surface area contributed by atoms with Crippen LogP contribution in [-0.4, -0.2) is 86.1 Å². The molecule has 218 valence electrons. The van der Waals surface area contributed by atoms with Crippen molar-refractivity contribution in [3.05, 3.63) is 36.0 Å². The van der Waals surface area contributed by atoms with Crippen LogP contribution in [0.3, 0.4) is 0 Å². The molecule has 0 saturated carbocycles. The number of carbonyl (C=O) groups is 6. The summed E-state index contributed by atoms with van der Waals surface area (Å²) >= 11 is 0. The smallest absolute Gasteiger partial charge is 0.326 e. The summed E-state index contributed by atoms with van der Waals surface area (Å²) in [5.41, 5.74) is 12.3. The van der Waals surface area contributed by atoms with Crippen LogP contribution in [0.2, 0.25) is 0 Å². The number of H-pyrrole nitrogens is 1. The molecule has 0 aliphatic heterocycles. The highest BCUT2D eigenvalue weighted by molar-refractivity contribution is 5.95. The third-order valence-electron chi connectivity index (χ3n) is 6.13. The Bertz CT molecular complexity index is 1240. The number of aromatic amines is 1. The summed E-state index contributed by atoms with van der Waals surface area (Å²) in [6.07, 6.45) is -1.28. The summed E-state index contributed by atoms with van der Waals surface area (Å²) in [6, 6.07) is 1.49. The molecule has 0 radical (unpaired) electrons. The molecule has 40 heavy (non-hydrogen) atoms. The number of rotatable bonds is 16. The Hall–Kier alpha value is -4.50. The number of aliphatic hydroxyl groups is 1. The highest BCUT2D eigenvalue weighted by Gasteiger charge is 2.32. The molecule has 15 heteroatoms. The van der Waals surface area contributed by atoms with Crippen molar-refractivity contribution in [1.29, 1.82) is 0 Å². The SMILES string of the molecule is CC(O)C(N)C(=O)NC(Cc1c[nH]c2ccccc12)C(=O)NC(CCC(N)=O)C(=O)NC(CCC(=O)O)C(=O)O. The van der Waals surface area contributed by atoms with Crippen LogP contribution in [0.25, 0.3) is 10.9 Å². The Morgan fingerprint density at radius 1 is 0.875 bits per heavy atom. The van der Waals surface area contributed by atoms with Crippen LogP contribution in [0.15, 0.2) is 30.5 Å². The first kappa shape index (κ1) is 31.7. The van der Waals surface area contributed by atoms with E-state index in [0.29, 0.717) is 5.56 Å². The third-order valence-corrected chi connectivity index (χ3v) is 6.13. The second kappa shape index (κ2) is 14.6. The number of para-hydroxylation sites is 1. The second-order valence-corrected chi connectivity index (χ2v) is 9.29. The minimum absolute atomic E-state index is 0.0609. The largest absolute Gasteiger partial charge is 0.481 e. The molecule has 5 atom stereocenters. The van der Waals surface area contributed by atoms with Crippen LogP contribution in [0.4, 0.5) is 0 Å². The Labute approximate surface area is 228 Å². The molecule has 0 spiro atoms. The van der Waals surface area contributed by atoms with E-state index in [1.54, 1.807) is 24.4 Å². The van der Waals surface area contributed by atoms with E-state index in [-0.39, 0.29) is 19.3 Å². The topological polar surface area (TPSA) is 267 Å². The van der Waals surface area contributed by atoms with Crippen LogP contribution in [0, 0.1) is 0 Å². The number of carboxylic acids is 2. The number of primary amides is 1. The molecule has 0 fully saturated rings. The second-order valence-electron chi connectivity index (χ2n) is 9.29. The van der Waals surface area contributed by atoms with Gasteiger partial charge in [-0.15, -0.1) is 0 Å². The van der Waals surface area contributed by atoms with E-state index in [2.05, 4.69) is 20.9 Å². The first-order valence-electron chi connectivity index (χ1n) is 12.4. The Morgan fingerprint density at radius 2 is 1.45 bits per heavy atom. The van der Waals surface area contributed by atoms with Crippen molar-refractivity contribution in [1.82, 2.24) is 20.9 Å². The zero-order valence-electron chi connectivity index (χ0n) is 21.8. The van der Waals surface area contributed by atoms with Crippen molar-refractivity contribution in [2.24, 2.45) is 11.5 Å². The maximum absolute atomic E-state index is 13.4. The number of aliphatic hydroxyl groups excluding tert-OH is 1. The predicted octanol–water partition coefficient (Wildman–Crippen LogP) is -1.91. The lowest BCUT2D eigenvalue weighted by molar-refractivity contribution is -0.143. The number of hydrogen-bond acceptors (Lipinski definition) is 8. The van der Waals surface area contributed by atoms with Crippen molar-refractivity contribution in [2.45, 2.75) is 69.3 Å². The van der Waals surface area contributed by atoms with E-state index < -0.39 is 78.7 Å². The molecule has 5 unspecified atom stereocenters. The molecule has 1 aromatic carbocycles. The van der Waals surface area contributed by atoms with Gasteiger partial charge in [0.15, 0.2) is 0 Å². The summed E-state index contributed by atoms with van der Waals surface area (Å²) in [5.74, 6) is -6.26. The summed E-state index contributed by atoms with van der Waals surface area (Å²) < 4.78 is 0. The average molecular weight is 563 g/mol. The molecule has 2 rings (SSSR count). The highest BCUT2D eigenvalue weighted by Crippen LogP contribution is 2.19. The Kier molecular flexibility index (Phi) is 11.6. The zero-order valence-corrected chi connectivity index (χ0v) is 21.8. The zero-order chi connectivity index (χ0) is 30.0. The highest BCUT2D eigenvalue weighted by atomic mass is 16.4. The van der Waals surface area contributed by atoms with Crippen molar-refractivity contribution >= 4 is 46.5 Å². The normalized spacial score (nSPS) is 14.8. The number of fused-ring (bicyclic) bond motifs is 1. The maximum atomic E-state index is 13.4. The standard InChI is InChI=1S/C25H34N6O9/c1-12(32)21(27)24(38)31-18(10-13-11-28-15-5-3-2-4-14(13)15)23(37)29-16(6-8-19(26)33)22(36)30-17(25(39)40)7-9-20(34)35/h2-5,11-12,16-18,21,28,32H,6-10,27H2,1H3,(H2,26,33)(H,29,37)(H,30,36)(H,31,38)(H,34,35)(H,39,40). The van der Waals surface area contributed by atoms with E-state index >= 15 is 0 Å². The predicted molar refractivity (Wildman–Crippen MR) is 140 cm³/mol. The lowest BCUT2D eigenvalue weighted by Gasteiger charge is -2.25. The number of amides is 4. The number of carbonyl (C=O) groups excluding carboxylic acids is 4. The number of nitrogens with two attached hydrogens (primary N) is 2. The number of aromatic nitrogens is 1. The van der Waals surface area contributed by atoms with Crippen LogP contribution >= 0.6 is 0 Å². The fourth-order valence-electron chi connectivity index (χ4n) is 3.84. The number of benzene rings is 1. The minimum atomic E-state index is -1.58. The van der Waals surface area contributed by atoms with Crippen LogP contribution in [0.1, 0.15) is 38.2 Å². The molecular weight excluding hydrogens is 528 g/mol. The van der Waals surface area contributed by atoms with Gasteiger partial charge in [-0.05, 0) is 31.4 Å². The Morgan fingerprint density at radius 3 is 2.05 bits per heavy atom. The molecule has 11 N–H and O–H groups in total. The fraction of sp³-hybridized carbons (Fsp3) is 0.440. The van der Waals surface area contributed by atoms with Crippen LogP contribution in [0.5, 0.6) is 0 Å². The lowest BCUT2D eigenvalue weighted by Crippen LogP contribution is -2.58. The summed E-state index contributed by atoms with van der Waals surface area (Å²) in [6.45, 7) is 1.30. The molecule has 1 heterocycles. The van der Waals surface area contributed by atoms with Gasteiger partial charge in [-0.3, -0.25) is 24.0 Å². The van der Waals surface area contributed by atoms with Gasteiger partial charge in [-0.1, -0.05) is 18.2 Å². The fourth-order valence-corrected chi connectivity index (χ4v) is 3.84. The minimum Gasteiger partial charge on any atom is -0.481 e. The van der Waals surface area contributed by atoms with E-state index in [1.165, 1.54) is 6.92 Å². The van der Waals surface area contributed by atoms with E-state index in [1.807, 2.05) is 6.07 Å². The number of aliphatic carboxylic acids is 2. The molecule has 2 aromatic rings. The van der Waals surface area contributed by atoms with Gasteiger partial charge in [-0.2, -0.15) is 0 Å². The number of hydrogen-bond donors (Lipinski definition) is 9. The number of carboxylic acid groups (broad SMARTS) is 2. The third kappa shape index (κ3) is 9.36. The van der Waals surface area contributed by atoms with E-state index in [0.717, 1.165) is 10.9 Å². The van der Waals surface area contributed by atoms with Gasteiger partial charge in [0, 0.05) is 36.4 Å². The summed E-state index contributed by atoms with van der Waals surface area (Å²) in [5, 5.41) is 35.8. The molecule has 0 bridgehead atoms. The van der Waals surface area contributed by atoms with Crippen LogP contribution < -0.4 is 27.4 Å². The molecule has 1 aromatic heterocycles. The van der Waals surface area contributed by atoms with Gasteiger partial charge in [0.05, 0.1) is 6.10 Å². The summed E-state index contributed by atoms with van der Waals surface area (Å²) in [4.78, 5) is 75.8. The Balaban J connectivity index is 2.31. The van der Waals surface area contributed by atoms with Crippen molar-refractivity contribution in [2.75, 3.05) is 0 Å². The monoisotopic (exact) mass is 562 g/mol. The number of nitrogens with one attached hydrogen (secondary N) is 4. The van der Waals surface area contributed by atoms with Gasteiger partial charge in [-0.25, -0.2) is 4.79 Å². The molecular formula is C25H34N6O9. The lowest BCUT2D eigenvalue weighted by atomic mass is 10.0. The van der Waals surface area contributed by atoms with Gasteiger partial charge < -0.3 is 47.7 Å². The maximum Gasteiger partial charge on any atom is 0.326 e. The van der Waals surface area contributed by atoms with E-state index in [9.17, 15) is 39.0 Å². The van der Waals surface area contributed by atoms with Crippen molar-refractivity contribution < 1.29 is 44.1 Å². The first-order valence-corrected chi connectivity index (χ1v) is 12.4. The quantitative estimate of drug-likeness (QED) is 0.109. The van der Waals surface area contributed by atoms with E-state index in [4.69, 9.17) is 16.6 Å². The van der Waals surface area contributed by atoms with Gasteiger partial charge in [0.25, 0.3) is 0 Å². The molecule has 0 aliphatic rings. The van der Waals surface area contributed by atoms with Gasteiger partial charge >= 0.3 is 11.9 Å². The van der Waals surface area contributed by atoms with Crippen molar-refractivity contribution in [3.8, 4) is 0 Å². The van der Waals surface area contributed by atoms with Crippen molar-refractivity contribution in [3.63, 3.8) is 0 Å². The van der Waals surface area contributed by atoms with Gasteiger partial charge in [0.2, 0.25) is 23.6 Å². The molecule has 0 aliphatic carbocycles. The first-order chi connectivity index (χ1) is 18.8. The molecule has 15 nitrogen and oxygen atoms in total. The molecule has 4 amide bonds. The van der Waals surface area contributed by atoms with Gasteiger partial charge in [0.1, 0.15) is 24.2 Å². The molecule has 0 saturated heterocycles.